The maximum Gasteiger partial charge on any atom is 0.302 e. The molecule has 2 fully saturated rings. The van der Waals surface area contributed by atoms with Crippen molar-refractivity contribution in [2.45, 2.75) is 81.4 Å². The van der Waals surface area contributed by atoms with Crippen LogP contribution in [0.15, 0.2) is 5.11 Å². The summed E-state index contributed by atoms with van der Waals surface area (Å²) in [5.74, 6) is -1.76. The van der Waals surface area contributed by atoms with Gasteiger partial charge in [0.2, 0.25) is 12.2 Å². The molecule has 0 spiro atoms. The van der Waals surface area contributed by atoms with E-state index in [1.54, 1.807) is 14.0 Å². The lowest BCUT2D eigenvalue weighted by molar-refractivity contribution is -0.317. The molecule has 0 bridgehead atoms. The fourth-order valence-electron chi connectivity index (χ4n) is 4.26. The summed E-state index contributed by atoms with van der Waals surface area (Å²) < 4.78 is 32.5. The number of hydrogen-bond donors (Lipinski definition) is 1. The Labute approximate surface area is 213 Å². The highest BCUT2D eigenvalue weighted by molar-refractivity contribution is 6.76. The van der Waals surface area contributed by atoms with E-state index in [9.17, 15) is 4.79 Å². The van der Waals surface area contributed by atoms with Crippen molar-refractivity contribution >= 4 is 46.7 Å². The molecule has 0 radical (unpaired) electrons. The van der Waals surface area contributed by atoms with Crippen molar-refractivity contribution in [1.29, 1.82) is 5.41 Å². The Kier molecular flexibility index (Phi) is 10.5. The van der Waals surface area contributed by atoms with Crippen LogP contribution in [-0.2, 0) is 33.2 Å². The van der Waals surface area contributed by atoms with Gasteiger partial charge in [-0.1, -0.05) is 60.7 Å². The first-order valence-electron chi connectivity index (χ1n) is 10.8. The minimum atomic E-state index is -2.15. The zero-order chi connectivity index (χ0) is 25.8. The Morgan fingerprint density at radius 1 is 1.09 bits per heavy atom. The van der Waals surface area contributed by atoms with E-state index in [1.165, 1.54) is 6.92 Å². The van der Waals surface area contributed by atoms with E-state index >= 15 is 0 Å². The average molecular weight is 546 g/mol. The second-order valence-electron chi connectivity index (χ2n) is 8.57. The minimum absolute atomic E-state index is 0.116. The van der Waals surface area contributed by atoms with E-state index in [2.05, 4.69) is 10.0 Å². The quantitative estimate of drug-likeness (QED) is 0.0950. The number of nitrogens with zero attached hydrogens (tertiary/aromatic N) is 3. The second-order valence-corrected chi connectivity index (χ2v) is 10.9. The first kappa shape index (κ1) is 29.2. The molecule has 0 aromatic rings. The summed E-state index contributed by atoms with van der Waals surface area (Å²) in [5, 5.41) is 11.7. The molecule has 2 heterocycles. The van der Waals surface area contributed by atoms with Gasteiger partial charge in [-0.25, -0.2) is 0 Å². The molecule has 11 nitrogen and oxygen atoms in total. The number of rotatable bonds is 7. The van der Waals surface area contributed by atoms with Gasteiger partial charge in [0.15, 0.2) is 6.29 Å². The Hall–Kier alpha value is -1.04. The maximum atomic E-state index is 11.5. The number of hydrogen-bond acceptors (Lipinski definition) is 9. The number of carbonyl (C=O) groups excluding carboxylic acids is 1. The van der Waals surface area contributed by atoms with Gasteiger partial charge < -0.3 is 28.4 Å². The lowest BCUT2D eigenvalue weighted by Crippen LogP contribution is -2.59. The molecule has 34 heavy (non-hydrogen) atoms. The zero-order valence-corrected chi connectivity index (χ0v) is 22.1. The predicted molar refractivity (Wildman–Crippen MR) is 125 cm³/mol. The molecule has 4 unspecified atom stereocenters. The van der Waals surface area contributed by atoms with Crippen molar-refractivity contribution in [2.75, 3.05) is 13.7 Å². The molecule has 2 aliphatic rings. The fraction of sp³-hybridized carbons (Fsp3) is 0.900. The topological polar surface area (TPSA) is 145 Å². The minimum Gasteiger partial charge on any atom is -0.463 e. The molecule has 0 aromatic carbocycles. The van der Waals surface area contributed by atoms with E-state index in [1.807, 2.05) is 20.8 Å². The van der Waals surface area contributed by atoms with E-state index in [4.69, 9.17) is 74.2 Å². The molecule has 14 heteroatoms. The van der Waals surface area contributed by atoms with Crippen LogP contribution in [0.5, 0.6) is 0 Å². The molecule has 2 saturated heterocycles. The number of halogens is 3. The number of nitrogens with one attached hydrogen (secondary N) is 1. The predicted octanol–water partition coefficient (Wildman–Crippen LogP) is 4.37. The molecule has 2 rings (SSSR count). The molecule has 2 aliphatic heterocycles. The van der Waals surface area contributed by atoms with Crippen LogP contribution in [0.2, 0.25) is 0 Å². The molecule has 0 amide bonds. The van der Waals surface area contributed by atoms with E-state index in [-0.39, 0.29) is 30.7 Å². The normalized spacial score (nSPS) is 38.5. The summed E-state index contributed by atoms with van der Waals surface area (Å²) in [6, 6.07) is -0.954. The smallest absolute Gasteiger partial charge is 0.302 e. The summed E-state index contributed by atoms with van der Waals surface area (Å²) in [6.07, 6.45) is -3.81. The van der Waals surface area contributed by atoms with Crippen LogP contribution < -0.4 is 0 Å². The van der Waals surface area contributed by atoms with Crippen LogP contribution >= 0.6 is 34.8 Å². The first-order chi connectivity index (χ1) is 15.8. The molecular weight excluding hydrogens is 515 g/mol. The van der Waals surface area contributed by atoms with Crippen molar-refractivity contribution in [2.24, 2.45) is 22.9 Å². The molecule has 10 atom stereocenters. The summed E-state index contributed by atoms with van der Waals surface area (Å²) >= 11 is 17.2. The van der Waals surface area contributed by atoms with Gasteiger partial charge in [-0.15, -0.1) is 0 Å². The molecule has 194 valence electrons. The third kappa shape index (κ3) is 7.01. The van der Waals surface area contributed by atoms with Gasteiger partial charge >= 0.3 is 5.97 Å². The Bertz CT molecular complexity index is 780. The lowest BCUT2D eigenvalue weighted by atomic mass is 9.85. The molecule has 0 saturated carbocycles. The Balaban J connectivity index is 2.33. The Morgan fingerprint density at radius 3 is 2.26 bits per heavy atom. The molecule has 1 N–H and O–H groups in total. The van der Waals surface area contributed by atoms with E-state index in [0.717, 1.165) is 0 Å². The van der Waals surface area contributed by atoms with Gasteiger partial charge in [0.05, 0.1) is 18.3 Å². The highest BCUT2D eigenvalue weighted by atomic mass is 35.6. The van der Waals surface area contributed by atoms with Gasteiger partial charge in [-0.3, -0.25) is 10.2 Å². The monoisotopic (exact) mass is 544 g/mol. The summed E-state index contributed by atoms with van der Waals surface area (Å²) in [7, 11) is 1.64. The van der Waals surface area contributed by atoms with Crippen molar-refractivity contribution in [3.8, 4) is 0 Å². The standard InChI is InChI=1S/C20H31Cl3N4O7/c1-8-11(4)31-17(10(3)15(8)29-6)33-16-9(2)14(26-27-25)18(34-19(24)20(21,22)23)32-13(16)7-30-12(5)28/h8-11,13-18,24H,7H2,1-6H3/t8-,9-,10+,11?,13?,14?,15?,16+,17+,18+/m1/s1. The van der Waals surface area contributed by atoms with Crippen molar-refractivity contribution < 1.29 is 33.2 Å². The molecule has 0 aromatic heterocycles. The Morgan fingerprint density at radius 2 is 1.74 bits per heavy atom. The maximum absolute atomic E-state index is 11.5. The number of carbonyl (C=O) groups is 1. The van der Waals surface area contributed by atoms with Crippen molar-refractivity contribution in [3.63, 3.8) is 0 Å². The molecule has 0 aliphatic carbocycles. The van der Waals surface area contributed by atoms with Crippen LogP contribution in [0.4, 0.5) is 0 Å². The van der Waals surface area contributed by atoms with Gasteiger partial charge in [-0.05, 0) is 18.4 Å². The lowest BCUT2D eigenvalue weighted by Gasteiger charge is -2.48. The zero-order valence-electron chi connectivity index (χ0n) is 19.8. The van der Waals surface area contributed by atoms with Crippen molar-refractivity contribution in [1.82, 2.24) is 0 Å². The van der Waals surface area contributed by atoms with Gasteiger partial charge in [0.25, 0.3) is 3.79 Å². The van der Waals surface area contributed by atoms with Gasteiger partial charge in [-0.2, -0.15) is 0 Å². The summed E-state index contributed by atoms with van der Waals surface area (Å²) in [6.45, 7) is 8.77. The first-order valence-corrected chi connectivity index (χ1v) is 11.9. The van der Waals surface area contributed by atoms with Crippen LogP contribution in [-0.4, -0.2) is 72.4 Å². The number of esters is 1. The fourth-order valence-corrected chi connectivity index (χ4v) is 4.39. The third-order valence-corrected chi connectivity index (χ3v) is 6.77. The largest absolute Gasteiger partial charge is 0.463 e. The average Bonchev–Trinajstić information content (AvgIpc) is 2.74. The van der Waals surface area contributed by atoms with Crippen LogP contribution in [0.25, 0.3) is 10.4 Å². The highest BCUT2D eigenvalue weighted by Crippen LogP contribution is 2.38. The second kappa shape index (κ2) is 12.3. The van der Waals surface area contributed by atoms with Crippen LogP contribution in [0.3, 0.4) is 0 Å². The summed E-state index contributed by atoms with van der Waals surface area (Å²) in [5.41, 5.74) is 9.13. The third-order valence-electron chi connectivity index (χ3n) is 6.26. The highest BCUT2D eigenvalue weighted by Gasteiger charge is 2.50. The van der Waals surface area contributed by atoms with Gasteiger partial charge in [0.1, 0.15) is 18.8 Å². The molecular formula is C20H31Cl3N4O7. The van der Waals surface area contributed by atoms with Gasteiger partial charge in [0, 0.05) is 30.8 Å². The summed E-state index contributed by atoms with van der Waals surface area (Å²) in [4.78, 5) is 14.4. The van der Waals surface area contributed by atoms with Crippen LogP contribution in [0, 0.1) is 23.2 Å². The van der Waals surface area contributed by atoms with E-state index < -0.39 is 52.4 Å². The van der Waals surface area contributed by atoms with E-state index in [0.29, 0.717) is 0 Å². The number of ether oxygens (including phenoxy) is 6. The number of methoxy groups -OCH3 is 1. The van der Waals surface area contributed by atoms with Crippen LogP contribution in [0.1, 0.15) is 34.6 Å². The number of alkyl halides is 3. The SMILES string of the molecule is COC1[C@H](C)C(C)O[C@@H](O[C@@H]2C(COC(C)=O)O[C@@H](OC(=N)C(Cl)(Cl)Cl)C(N=[N+]=[N-])[C@H]2C)[C@H]1C. The van der Waals surface area contributed by atoms with Crippen molar-refractivity contribution in [3.05, 3.63) is 10.4 Å². The number of azide groups is 1.